The number of amides is 1. The maximum atomic E-state index is 13.3. The Morgan fingerprint density at radius 2 is 2.27 bits per heavy atom. The van der Waals surface area contributed by atoms with Gasteiger partial charge in [0.2, 0.25) is 0 Å². The molecule has 3 nitrogen and oxygen atoms in total. The molecule has 1 amide bonds. The zero-order chi connectivity index (χ0) is 11.4. The van der Waals surface area contributed by atoms with Crippen molar-refractivity contribution in [1.29, 1.82) is 0 Å². The predicted octanol–water partition coefficient (Wildman–Crippen LogP) is 2.79. The lowest BCUT2D eigenvalue weighted by Crippen LogP contribution is -2.26. The second-order valence-corrected chi connectivity index (χ2v) is 3.98. The predicted molar refractivity (Wildman–Crippen MR) is 58.0 cm³/mol. The third kappa shape index (κ3) is 3.20. The summed E-state index contributed by atoms with van der Waals surface area (Å²) in [7, 11) is 2.84. The van der Waals surface area contributed by atoms with E-state index in [0.717, 1.165) is 4.47 Å². The highest BCUT2D eigenvalue weighted by Gasteiger charge is 2.11. The average molecular weight is 276 g/mol. The number of rotatable bonds is 2. The van der Waals surface area contributed by atoms with Gasteiger partial charge >= 0.3 is 6.09 Å². The quantitative estimate of drug-likeness (QED) is 0.831. The summed E-state index contributed by atoms with van der Waals surface area (Å²) in [5, 5.41) is 0. The topological polar surface area (TPSA) is 29.5 Å². The summed E-state index contributed by atoms with van der Waals surface area (Å²) >= 11 is 3.24. The van der Waals surface area contributed by atoms with E-state index < -0.39 is 6.09 Å². The molecular formula is C10H11BrFNO2. The first-order valence-corrected chi connectivity index (χ1v) is 5.07. The van der Waals surface area contributed by atoms with Crippen LogP contribution in [0.2, 0.25) is 0 Å². The standard InChI is InChI=1S/C10H11BrFNO2/c1-13(10(14)15-2)6-7-5-8(11)3-4-9(7)12/h3-5H,6H2,1-2H3. The Morgan fingerprint density at radius 1 is 1.60 bits per heavy atom. The van der Waals surface area contributed by atoms with E-state index in [0.29, 0.717) is 5.56 Å². The summed E-state index contributed by atoms with van der Waals surface area (Å²) in [6.07, 6.45) is -0.491. The van der Waals surface area contributed by atoms with Gasteiger partial charge in [-0.3, -0.25) is 0 Å². The van der Waals surface area contributed by atoms with Gasteiger partial charge < -0.3 is 9.64 Å². The van der Waals surface area contributed by atoms with Crippen LogP contribution in [0, 0.1) is 5.82 Å². The number of carbonyl (C=O) groups is 1. The zero-order valence-electron chi connectivity index (χ0n) is 8.46. The fourth-order valence-corrected chi connectivity index (χ4v) is 1.55. The molecular weight excluding hydrogens is 265 g/mol. The Labute approximate surface area is 96.0 Å². The van der Waals surface area contributed by atoms with Crippen molar-refractivity contribution in [3.63, 3.8) is 0 Å². The molecule has 0 radical (unpaired) electrons. The largest absolute Gasteiger partial charge is 0.453 e. The van der Waals surface area contributed by atoms with Gasteiger partial charge in [0.05, 0.1) is 13.7 Å². The fraction of sp³-hybridized carbons (Fsp3) is 0.300. The first kappa shape index (κ1) is 12.0. The van der Waals surface area contributed by atoms with Crippen LogP contribution in [-0.2, 0) is 11.3 Å². The van der Waals surface area contributed by atoms with Gasteiger partial charge in [-0.15, -0.1) is 0 Å². The first-order chi connectivity index (χ1) is 7.04. The molecule has 0 aromatic heterocycles. The van der Waals surface area contributed by atoms with E-state index in [2.05, 4.69) is 20.7 Å². The van der Waals surface area contributed by atoms with Crippen LogP contribution in [0.1, 0.15) is 5.56 Å². The van der Waals surface area contributed by atoms with Crippen molar-refractivity contribution in [2.75, 3.05) is 14.2 Å². The Hall–Kier alpha value is -1.10. The second-order valence-electron chi connectivity index (χ2n) is 3.06. The molecule has 0 saturated carbocycles. The molecule has 0 aliphatic carbocycles. The monoisotopic (exact) mass is 275 g/mol. The highest BCUT2D eigenvalue weighted by molar-refractivity contribution is 9.10. The molecule has 0 heterocycles. The molecule has 0 N–H and O–H groups in total. The van der Waals surface area contributed by atoms with Gasteiger partial charge in [-0.25, -0.2) is 9.18 Å². The van der Waals surface area contributed by atoms with Crippen molar-refractivity contribution in [2.45, 2.75) is 6.54 Å². The lowest BCUT2D eigenvalue weighted by atomic mass is 10.2. The van der Waals surface area contributed by atoms with Gasteiger partial charge in [-0.2, -0.15) is 0 Å². The van der Waals surface area contributed by atoms with Crippen LogP contribution in [0.5, 0.6) is 0 Å². The number of benzene rings is 1. The zero-order valence-corrected chi connectivity index (χ0v) is 10.0. The van der Waals surface area contributed by atoms with E-state index in [4.69, 9.17) is 0 Å². The second kappa shape index (κ2) is 5.11. The molecule has 5 heteroatoms. The summed E-state index contributed by atoms with van der Waals surface area (Å²) in [6.45, 7) is 0.179. The van der Waals surface area contributed by atoms with Crippen molar-refractivity contribution in [3.05, 3.63) is 34.1 Å². The van der Waals surface area contributed by atoms with Crippen molar-refractivity contribution in [3.8, 4) is 0 Å². The fourth-order valence-electron chi connectivity index (χ4n) is 1.14. The van der Waals surface area contributed by atoms with Crippen molar-refractivity contribution >= 4 is 22.0 Å². The van der Waals surface area contributed by atoms with Crippen LogP contribution in [0.4, 0.5) is 9.18 Å². The van der Waals surface area contributed by atoms with Crippen LogP contribution in [-0.4, -0.2) is 25.2 Å². The molecule has 0 spiro atoms. The Kier molecular flexibility index (Phi) is 4.08. The van der Waals surface area contributed by atoms with Crippen molar-refractivity contribution in [1.82, 2.24) is 4.90 Å². The van der Waals surface area contributed by atoms with Gasteiger partial charge in [0.1, 0.15) is 5.82 Å². The van der Waals surface area contributed by atoms with E-state index in [1.54, 1.807) is 19.2 Å². The number of nitrogens with zero attached hydrogens (tertiary/aromatic N) is 1. The molecule has 1 rings (SSSR count). The van der Waals surface area contributed by atoms with Crippen molar-refractivity contribution in [2.24, 2.45) is 0 Å². The highest BCUT2D eigenvalue weighted by Crippen LogP contribution is 2.16. The van der Waals surface area contributed by atoms with E-state index in [1.807, 2.05) is 0 Å². The van der Waals surface area contributed by atoms with Crippen LogP contribution in [0.3, 0.4) is 0 Å². The normalized spacial score (nSPS) is 9.87. The van der Waals surface area contributed by atoms with E-state index in [1.165, 1.54) is 18.1 Å². The van der Waals surface area contributed by atoms with Gasteiger partial charge in [0.15, 0.2) is 0 Å². The van der Waals surface area contributed by atoms with Gasteiger partial charge in [-0.1, -0.05) is 15.9 Å². The lowest BCUT2D eigenvalue weighted by Gasteiger charge is -2.15. The van der Waals surface area contributed by atoms with E-state index >= 15 is 0 Å². The third-order valence-electron chi connectivity index (χ3n) is 1.90. The molecule has 1 aromatic carbocycles. The van der Waals surface area contributed by atoms with E-state index in [-0.39, 0.29) is 12.4 Å². The molecule has 1 aromatic rings. The van der Waals surface area contributed by atoms with Gasteiger partial charge in [-0.05, 0) is 18.2 Å². The summed E-state index contributed by atoms with van der Waals surface area (Å²) in [4.78, 5) is 12.4. The number of hydrogen-bond acceptors (Lipinski definition) is 2. The summed E-state index contributed by atoms with van der Waals surface area (Å²) < 4.78 is 18.6. The van der Waals surface area contributed by atoms with E-state index in [9.17, 15) is 9.18 Å². The lowest BCUT2D eigenvalue weighted by molar-refractivity contribution is 0.131. The number of methoxy groups -OCH3 is 1. The highest BCUT2D eigenvalue weighted by atomic mass is 79.9. The Morgan fingerprint density at radius 3 is 2.87 bits per heavy atom. The molecule has 0 aliphatic heterocycles. The smallest absolute Gasteiger partial charge is 0.409 e. The molecule has 0 fully saturated rings. The Balaban J connectivity index is 2.80. The summed E-state index contributed by atoms with van der Waals surface area (Å²) in [6, 6.07) is 4.59. The first-order valence-electron chi connectivity index (χ1n) is 4.27. The van der Waals surface area contributed by atoms with Gasteiger partial charge in [0, 0.05) is 17.1 Å². The maximum Gasteiger partial charge on any atom is 0.409 e. The van der Waals surface area contributed by atoms with Crippen LogP contribution >= 0.6 is 15.9 Å². The number of hydrogen-bond donors (Lipinski definition) is 0. The molecule has 0 aliphatic rings. The summed E-state index contributed by atoms with van der Waals surface area (Å²) in [5.74, 6) is -0.339. The van der Waals surface area contributed by atoms with Crippen LogP contribution in [0.15, 0.2) is 22.7 Å². The molecule has 82 valence electrons. The number of halogens is 2. The SMILES string of the molecule is COC(=O)N(C)Cc1cc(Br)ccc1F. The minimum atomic E-state index is -0.491. The molecule has 15 heavy (non-hydrogen) atoms. The minimum Gasteiger partial charge on any atom is -0.453 e. The average Bonchev–Trinajstić information content (AvgIpc) is 2.22. The molecule has 0 bridgehead atoms. The Bertz CT molecular complexity index is 370. The maximum absolute atomic E-state index is 13.3. The van der Waals surface area contributed by atoms with Crippen LogP contribution in [0.25, 0.3) is 0 Å². The molecule has 0 saturated heterocycles. The van der Waals surface area contributed by atoms with Gasteiger partial charge in [0.25, 0.3) is 0 Å². The number of ether oxygens (including phenoxy) is 1. The summed E-state index contributed by atoms with van der Waals surface area (Å²) in [5.41, 5.74) is 0.442. The minimum absolute atomic E-state index is 0.179. The van der Waals surface area contributed by atoms with Crippen LogP contribution < -0.4 is 0 Å². The molecule has 0 atom stereocenters. The number of carbonyl (C=O) groups excluding carboxylic acids is 1. The molecule has 0 unspecified atom stereocenters. The third-order valence-corrected chi connectivity index (χ3v) is 2.39. The van der Waals surface area contributed by atoms with Crippen molar-refractivity contribution < 1.29 is 13.9 Å².